The van der Waals surface area contributed by atoms with Crippen molar-refractivity contribution in [2.24, 2.45) is 0 Å². The molecule has 0 spiro atoms. The number of aromatic nitrogens is 4. The fourth-order valence-electron chi connectivity index (χ4n) is 2.75. The molecular weight excluding hydrogens is 354 g/mol. The van der Waals surface area contributed by atoms with E-state index in [0.717, 1.165) is 35.6 Å². The summed E-state index contributed by atoms with van der Waals surface area (Å²) in [6.45, 7) is 7.56. The summed E-state index contributed by atoms with van der Waals surface area (Å²) in [4.78, 5) is 0. The van der Waals surface area contributed by atoms with Crippen molar-refractivity contribution < 1.29 is 9.47 Å². The second-order valence-corrected chi connectivity index (χ2v) is 6.52. The second kappa shape index (κ2) is 9.73. The van der Waals surface area contributed by atoms with Crippen LogP contribution in [0.2, 0.25) is 0 Å². The van der Waals surface area contributed by atoms with Crippen LogP contribution in [0.1, 0.15) is 45.2 Å². The maximum Gasteiger partial charge on any atom is 0.248 e. The standard InChI is InChI=1S/C21H27N5O2/c1-4-13-27-19-12-11-17(15-20(19)28-14-5-2)16(3)22-21-23-24-25-26(21)18-9-7-6-8-10-18/h6-12,15-16H,4-5,13-14H2,1-3H3,(H,22,23,25)/t16-/m0/s1. The summed E-state index contributed by atoms with van der Waals surface area (Å²) in [5, 5.41) is 15.4. The molecule has 7 nitrogen and oxygen atoms in total. The summed E-state index contributed by atoms with van der Waals surface area (Å²) in [5.41, 5.74) is 1.97. The molecule has 7 heteroatoms. The summed E-state index contributed by atoms with van der Waals surface area (Å²) in [6, 6.07) is 15.8. The number of nitrogens with one attached hydrogen (secondary N) is 1. The lowest BCUT2D eigenvalue weighted by atomic mass is 10.1. The first kappa shape index (κ1) is 19.7. The van der Waals surface area contributed by atoms with Crippen molar-refractivity contribution in [3.8, 4) is 17.2 Å². The minimum atomic E-state index is -0.0161. The number of rotatable bonds is 10. The van der Waals surface area contributed by atoms with Gasteiger partial charge in [0.2, 0.25) is 5.95 Å². The van der Waals surface area contributed by atoms with E-state index in [9.17, 15) is 0 Å². The Kier molecular flexibility index (Phi) is 6.84. The van der Waals surface area contributed by atoms with E-state index in [1.807, 2.05) is 48.5 Å². The highest BCUT2D eigenvalue weighted by molar-refractivity contribution is 5.46. The molecule has 1 N–H and O–H groups in total. The summed E-state index contributed by atoms with van der Waals surface area (Å²) in [6.07, 6.45) is 1.90. The van der Waals surface area contributed by atoms with Gasteiger partial charge < -0.3 is 14.8 Å². The van der Waals surface area contributed by atoms with Crippen molar-refractivity contribution in [2.45, 2.75) is 39.7 Å². The van der Waals surface area contributed by atoms with Gasteiger partial charge in [-0.25, -0.2) is 0 Å². The summed E-state index contributed by atoms with van der Waals surface area (Å²) < 4.78 is 13.4. The van der Waals surface area contributed by atoms with Crippen LogP contribution in [0.25, 0.3) is 5.69 Å². The van der Waals surface area contributed by atoms with Crippen LogP contribution in [-0.2, 0) is 0 Å². The van der Waals surface area contributed by atoms with Crippen molar-refractivity contribution >= 4 is 5.95 Å². The zero-order valence-electron chi connectivity index (χ0n) is 16.6. The lowest BCUT2D eigenvalue weighted by Gasteiger charge is -2.18. The first-order valence-corrected chi connectivity index (χ1v) is 9.72. The van der Waals surface area contributed by atoms with Crippen LogP contribution in [0.15, 0.2) is 48.5 Å². The van der Waals surface area contributed by atoms with Gasteiger partial charge in [0.15, 0.2) is 11.5 Å². The van der Waals surface area contributed by atoms with Crippen molar-refractivity contribution in [1.29, 1.82) is 0 Å². The van der Waals surface area contributed by atoms with Crippen molar-refractivity contribution in [3.05, 3.63) is 54.1 Å². The van der Waals surface area contributed by atoms with E-state index in [2.05, 4.69) is 41.6 Å². The normalized spacial score (nSPS) is 11.8. The molecule has 0 saturated carbocycles. The molecule has 0 amide bonds. The maximum atomic E-state index is 5.90. The van der Waals surface area contributed by atoms with Gasteiger partial charge >= 0.3 is 0 Å². The molecule has 3 aromatic rings. The fourth-order valence-corrected chi connectivity index (χ4v) is 2.75. The molecule has 1 aromatic heterocycles. The van der Waals surface area contributed by atoms with Crippen LogP contribution < -0.4 is 14.8 Å². The Hall–Kier alpha value is -3.09. The maximum absolute atomic E-state index is 5.90. The van der Waals surface area contributed by atoms with Crippen LogP contribution >= 0.6 is 0 Å². The highest BCUT2D eigenvalue weighted by atomic mass is 16.5. The van der Waals surface area contributed by atoms with E-state index in [-0.39, 0.29) is 6.04 Å². The third-order valence-electron chi connectivity index (χ3n) is 4.21. The minimum absolute atomic E-state index is 0.0161. The van der Waals surface area contributed by atoms with Gasteiger partial charge in [-0.1, -0.05) is 43.2 Å². The molecule has 0 bridgehead atoms. The average Bonchev–Trinajstić information content (AvgIpc) is 3.19. The van der Waals surface area contributed by atoms with Crippen LogP contribution in [0.4, 0.5) is 5.95 Å². The highest BCUT2D eigenvalue weighted by Crippen LogP contribution is 2.32. The zero-order chi connectivity index (χ0) is 19.8. The second-order valence-electron chi connectivity index (χ2n) is 6.52. The summed E-state index contributed by atoms with van der Waals surface area (Å²) in [5.74, 6) is 2.13. The number of hydrogen-bond acceptors (Lipinski definition) is 6. The number of hydrogen-bond donors (Lipinski definition) is 1. The number of anilines is 1. The van der Waals surface area contributed by atoms with Gasteiger partial charge in [-0.05, 0) is 60.0 Å². The molecule has 0 aliphatic rings. The summed E-state index contributed by atoms with van der Waals surface area (Å²) >= 11 is 0. The largest absolute Gasteiger partial charge is 0.490 e. The van der Waals surface area contributed by atoms with Crippen LogP contribution in [0.3, 0.4) is 0 Å². The van der Waals surface area contributed by atoms with Gasteiger partial charge in [0.25, 0.3) is 0 Å². The Morgan fingerprint density at radius 3 is 2.39 bits per heavy atom. The molecule has 3 rings (SSSR count). The molecule has 0 fully saturated rings. The molecule has 2 aromatic carbocycles. The molecule has 1 heterocycles. The van der Waals surface area contributed by atoms with E-state index in [0.29, 0.717) is 19.2 Å². The molecule has 0 saturated heterocycles. The SMILES string of the molecule is CCCOc1ccc([C@H](C)Nc2nnnn2-c2ccccc2)cc1OCCC. The first-order chi connectivity index (χ1) is 13.7. The van der Waals surface area contributed by atoms with Gasteiger partial charge in [0.1, 0.15) is 0 Å². The molecular formula is C21H27N5O2. The van der Waals surface area contributed by atoms with Gasteiger partial charge in [0, 0.05) is 0 Å². The average molecular weight is 381 g/mol. The van der Waals surface area contributed by atoms with Gasteiger partial charge in [-0.2, -0.15) is 4.68 Å². The third-order valence-corrected chi connectivity index (χ3v) is 4.21. The van der Waals surface area contributed by atoms with Crippen molar-refractivity contribution in [2.75, 3.05) is 18.5 Å². The van der Waals surface area contributed by atoms with E-state index >= 15 is 0 Å². The summed E-state index contributed by atoms with van der Waals surface area (Å²) in [7, 11) is 0. The monoisotopic (exact) mass is 381 g/mol. The third kappa shape index (κ3) is 4.79. The van der Waals surface area contributed by atoms with Gasteiger partial charge in [0.05, 0.1) is 24.9 Å². The molecule has 148 valence electrons. The molecule has 0 aliphatic heterocycles. The van der Waals surface area contributed by atoms with E-state index in [1.165, 1.54) is 0 Å². The van der Waals surface area contributed by atoms with E-state index in [1.54, 1.807) is 4.68 Å². The van der Waals surface area contributed by atoms with Crippen LogP contribution in [0.5, 0.6) is 11.5 Å². The number of nitrogens with zero attached hydrogens (tertiary/aromatic N) is 4. The lowest BCUT2D eigenvalue weighted by molar-refractivity contribution is 0.268. The van der Waals surface area contributed by atoms with Crippen molar-refractivity contribution in [3.63, 3.8) is 0 Å². The zero-order valence-corrected chi connectivity index (χ0v) is 16.6. The fraction of sp³-hybridized carbons (Fsp3) is 0.381. The Bertz CT molecular complexity index is 866. The van der Waals surface area contributed by atoms with Crippen LogP contribution in [-0.4, -0.2) is 33.4 Å². The minimum Gasteiger partial charge on any atom is -0.490 e. The number of tetrazole rings is 1. The predicted molar refractivity (Wildman–Crippen MR) is 109 cm³/mol. The smallest absolute Gasteiger partial charge is 0.248 e. The molecule has 0 aliphatic carbocycles. The van der Waals surface area contributed by atoms with Gasteiger partial charge in [-0.3, -0.25) is 0 Å². The molecule has 0 unspecified atom stereocenters. The Morgan fingerprint density at radius 2 is 1.68 bits per heavy atom. The molecule has 1 atom stereocenters. The Labute approximate surface area is 165 Å². The molecule has 28 heavy (non-hydrogen) atoms. The number of para-hydroxylation sites is 1. The highest BCUT2D eigenvalue weighted by Gasteiger charge is 2.15. The van der Waals surface area contributed by atoms with E-state index < -0.39 is 0 Å². The molecule has 0 radical (unpaired) electrons. The van der Waals surface area contributed by atoms with E-state index in [4.69, 9.17) is 9.47 Å². The Balaban J connectivity index is 1.79. The Morgan fingerprint density at radius 1 is 0.964 bits per heavy atom. The number of ether oxygens (including phenoxy) is 2. The lowest BCUT2D eigenvalue weighted by Crippen LogP contribution is -2.12. The number of benzene rings is 2. The predicted octanol–water partition coefficient (Wildman–Crippen LogP) is 4.41. The first-order valence-electron chi connectivity index (χ1n) is 9.72. The van der Waals surface area contributed by atoms with Crippen LogP contribution in [0, 0.1) is 0 Å². The topological polar surface area (TPSA) is 74.1 Å². The van der Waals surface area contributed by atoms with Gasteiger partial charge in [-0.15, -0.1) is 0 Å². The van der Waals surface area contributed by atoms with Crippen molar-refractivity contribution in [1.82, 2.24) is 20.2 Å². The quantitative estimate of drug-likeness (QED) is 0.561.